The largest absolute Gasteiger partial charge is 0.493 e. The summed E-state index contributed by atoms with van der Waals surface area (Å²) in [6.07, 6.45) is 0.760. The summed E-state index contributed by atoms with van der Waals surface area (Å²) >= 11 is 11.7. The van der Waals surface area contributed by atoms with Crippen molar-refractivity contribution in [1.29, 1.82) is 0 Å². The first-order valence-corrected chi connectivity index (χ1v) is 9.76. The summed E-state index contributed by atoms with van der Waals surface area (Å²) in [5.74, 6) is 1.95. The zero-order valence-corrected chi connectivity index (χ0v) is 17.7. The molecule has 0 unspecified atom stereocenters. The predicted octanol–water partition coefficient (Wildman–Crippen LogP) is 4.80. The van der Waals surface area contributed by atoms with Crippen LogP contribution >= 0.6 is 23.8 Å². The van der Waals surface area contributed by atoms with Crippen LogP contribution in [0.2, 0.25) is 5.02 Å². The second-order valence-corrected chi connectivity index (χ2v) is 7.09. The van der Waals surface area contributed by atoms with E-state index in [0.29, 0.717) is 34.4 Å². The lowest BCUT2D eigenvalue weighted by Crippen LogP contribution is -2.17. The van der Waals surface area contributed by atoms with E-state index in [1.807, 2.05) is 37.3 Å². The van der Waals surface area contributed by atoms with Gasteiger partial charge in [-0.2, -0.15) is 5.10 Å². The number of aromatic nitrogens is 3. The van der Waals surface area contributed by atoms with Gasteiger partial charge < -0.3 is 14.9 Å². The van der Waals surface area contributed by atoms with Gasteiger partial charge in [-0.05, 0) is 48.0 Å². The molecule has 1 aromatic heterocycles. The number of nitrogens with one attached hydrogen (secondary N) is 2. The highest BCUT2D eigenvalue weighted by Gasteiger charge is 2.13. The molecule has 3 aromatic rings. The Labute approximate surface area is 174 Å². The summed E-state index contributed by atoms with van der Waals surface area (Å²) in [7, 11) is 1.60. The second-order valence-electron chi connectivity index (χ2n) is 6.29. The van der Waals surface area contributed by atoms with Crippen LogP contribution in [0, 0.1) is 11.7 Å². The van der Waals surface area contributed by atoms with E-state index in [2.05, 4.69) is 28.6 Å². The van der Waals surface area contributed by atoms with Crippen molar-refractivity contribution < 1.29 is 9.47 Å². The van der Waals surface area contributed by atoms with Crippen LogP contribution in [0.1, 0.15) is 29.4 Å². The van der Waals surface area contributed by atoms with E-state index in [4.69, 9.17) is 33.3 Å². The Balaban J connectivity index is 1.76. The molecule has 0 saturated heterocycles. The first-order chi connectivity index (χ1) is 13.5. The highest BCUT2D eigenvalue weighted by Crippen LogP contribution is 2.37. The van der Waals surface area contributed by atoms with Crippen molar-refractivity contribution in [2.45, 2.75) is 33.4 Å². The Kier molecular flexibility index (Phi) is 6.59. The van der Waals surface area contributed by atoms with Gasteiger partial charge in [0.05, 0.1) is 18.7 Å². The first-order valence-electron chi connectivity index (χ1n) is 8.97. The molecule has 2 N–H and O–H groups in total. The number of H-pyrrole nitrogens is 1. The van der Waals surface area contributed by atoms with E-state index in [1.165, 1.54) is 5.56 Å². The number of ether oxygens (including phenoxy) is 2. The minimum atomic E-state index is 0.421. The molecule has 2 aromatic carbocycles. The summed E-state index contributed by atoms with van der Waals surface area (Å²) in [6, 6.07) is 11.8. The van der Waals surface area contributed by atoms with Crippen molar-refractivity contribution in [3.63, 3.8) is 0 Å². The van der Waals surface area contributed by atoms with Crippen molar-refractivity contribution >= 4 is 23.8 Å². The molecule has 0 aliphatic heterocycles. The third kappa shape index (κ3) is 4.48. The number of nitrogens with zero attached hydrogens (tertiary/aromatic N) is 2. The standard InChI is InChI=1S/C20H23ClN4O2S/c1-4-18-23-24-20(28)25(18)22-11-14-9-16(21)19(17(10-14)26-3)27-12-15-8-6-5-7-13(15)2/h5-10,22H,4,11-12H2,1-3H3,(H,24,28). The monoisotopic (exact) mass is 418 g/mol. The van der Waals surface area contributed by atoms with E-state index in [0.717, 1.165) is 23.4 Å². The molecule has 0 atom stereocenters. The normalized spacial score (nSPS) is 10.7. The minimum Gasteiger partial charge on any atom is -0.493 e. The number of methoxy groups -OCH3 is 1. The topological polar surface area (TPSA) is 64.1 Å². The molecule has 0 spiro atoms. The van der Waals surface area contributed by atoms with Crippen molar-refractivity contribution in [2.75, 3.05) is 12.5 Å². The van der Waals surface area contributed by atoms with Crippen LogP contribution in [0.4, 0.5) is 0 Å². The molecule has 28 heavy (non-hydrogen) atoms. The van der Waals surface area contributed by atoms with Gasteiger partial charge >= 0.3 is 0 Å². The second kappa shape index (κ2) is 9.12. The quantitative estimate of drug-likeness (QED) is 0.514. The number of halogens is 1. The molecule has 8 heteroatoms. The van der Waals surface area contributed by atoms with Gasteiger partial charge in [0, 0.05) is 6.42 Å². The molecule has 148 valence electrons. The summed E-state index contributed by atoms with van der Waals surface area (Å²) in [4.78, 5) is 0. The molecule has 0 radical (unpaired) electrons. The number of aryl methyl sites for hydroxylation is 2. The fraction of sp³-hybridized carbons (Fsp3) is 0.300. The molecular formula is C20H23ClN4O2S. The average Bonchev–Trinajstić information content (AvgIpc) is 3.05. The number of hydrogen-bond acceptors (Lipinski definition) is 5. The molecule has 0 amide bonds. The summed E-state index contributed by atoms with van der Waals surface area (Å²) < 4.78 is 13.8. The first kappa shape index (κ1) is 20.2. The lowest BCUT2D eigenvalue weighted by atomic mass is 10.1. The maximum atomic E-state index is 6.49. The molecule has 0 aliphatic carbocycles. The minimum absolute atomic E-state index is 0.421. The number of aromatic amines is 1. The van der Waals surface area contributed by atoms with Gasteiger partial charge in [-0.1, -0.05) is 42.8 Å². The maximum absolute atomic E-state index is 6.49. The van der Waals surface area contributed by atoms with Crippen molar-refractivity contribution in [2.24, 2.45) is 0 Å². The lowest BCUT2D eigenvalue weighted by molar-refractivity contribution is 0.284. The van der Waals surface area contributed by atoms with Crippen molar-refractivity contribution in [3.8, 4) is 11.5 Å². The zero-order valence-electron chi connectivity index (χ0n) is 16.1. The number of benzene rings is 2. The summed E-state index contributed by atoms with van der Waals surface area (Å²) in [6.45, 7) is 5.00. The highest BCUT2D eigenvalue weighted by molar-refractivity contribution is 7.71. The predicted molar refractivity (Wildman–Crippen MR) is 113 cm³/mol. The van der Waals surface area contributed by atoms with E-state index < -0.39 is 0 Å². The number of hydrogen-bond donors (Lipinski definition) is 2. The van der Waals surface area contributed by atoms with E-state index >= 15 is 0 Å². The Hall–Kier alpha value is -2.51. The molecular weight excluding hydrogens is 396 g/mol. The highest BCUT2D eigenvalue weighted by atomic mass is 35.5. The Morgan fingerprint density at radius 1 is 1.29 bits per heavy atom. The van der Waals surface area contributed by atoms with Gasteiger partial charge in [0.25, 0.3) is 0 Å². The van der Waals surface area contributed by atoms with Crippen LogP contribution < -0.4 is 14.9 Å². The average molecular weight is 419 g/mol. The van der Waals surface area contributed by atoms with Crippen LogP contribution in [0.3, 0.4) is 0 Å². The Bertz CT molecular complexity index is 1020. The molecule has 0 saturated carbocycles. The van der Waals surface area contributed by atoms with Crippen molar-refractivity contribution in [3.05, 3.63) is 68.7 Å². The SMILES string of the molecule is CCc1n[nH]c(=S)n1NCc1cc(Cl)c(OCc2ccccc2C)c(OC)c1. The van der Waals surface area contributed by atoms with Crippen LogP contribution in [0.5, 0.6) is 11.5 Å². The van der Waals surface area contributed by atoms with E-state index in [1.54, 1.807) is 11.8 Å². The van der Waals surface area contributed by atoms with E-state index in [9.17, 15) is 0 Å². The third-order valence-electron chi connectivity index (χ3n) is 4.42. The summed E-state index contributed by atoms with van der Waals surface area (Å²) in [5, 5.41) is 7.47. The van der Waals surface area contributed by atoms with Gasteiger partial charge in [0.15, 0.2) is 17.3 Å². The third-order valence-corrected chi connectivity index (χ3v) is 4.98. The van der Waals surface area contributed by atoms with Gasteiger partial charge in [-0.25, -0.2) is 4.68 Å². The Morgan fingerprint density at radius 3 is 2.79 bits per heavy atom. The molecule has 1 heterocycles. The van der Waals surface area contributed by atoms with Crippen LogP contribution in [-0.2, 0) is 19.6 Å². The molecule has 6 nitrogen and oxygen atoms in total. The van der Waals surface area contributed by atoms with Gasteiger partial charge in [-0.15, -0.1) is 0 Å². The fourth-order valence-corrected chi connectivity index (χ4v) is 3.34. The smallest absolute Gasteiger partial charge is 0.214 e. The number of rotatable bonds is 8. The van der Waals surface area contributed by atoms with Gasteiger partial charge in [0.2, 0.25) is 4.77 Å². The zero-order chi connectivity index (χ0) is 20.1. The van der Waals surface area contributed by atoms with Crippen LogP contribution in [0.15, 0.2) is 36.4 Å². The van der Waals surface area contributed by atoms with Gasteiger partial charge in [0.1, 0.15) is 6.61 Å². The fourth-order valence-electron chi connectivity index (χ4n) is 2.84. The van der Waals surface area contributed by atoms with E-state index in [-0.39, 0.29) is 0 Å². The molecule has 0 aliphatic rings. The van der Waals surface area contributed by atoms with Gasteiger partial charge in [-0.3, -0.25) is 5.10 Å². The molecule has 0 bridgehead atoms. The van der Waals surface area contributed by atoms with Crippen LogP contribution in [0.25, 0.3) is 0 Å². The maximum Gasteiger partial charge on any atom is 0.214 e. The Morgan fingerprint density at radius 2 is 2.07 bits per heavy atom. The van der Waals surface area contributed by atoms with Crippen molar-refractivity contribution in [1.82, 2.24) is 14.9 Å². The molecule has 3 rings (SSSR count). The summed E-state index contributed by atoms with van der Waals surface area (Å²) in [5.41, 5.74) is 6.47. The molecule has 0 fully saturated rings. The van der Waals surface area contributed by atoms with Crippen LogP contribution in [-0.4, -0.2) is 22.0 Å². The lowest BCUT2D eigenvalue weighted by Gasteiger charge is -2.16.